The molecule has 0 fully saturated rings. The van der Waals surface area contributed by atoms with E-state index >= 15 is 0 Å². The fourth-order valence-electron chi connectivity index (χ4n) is 3.87. The number of benzene rings is 2. The Kier molecular flexibility index (Phi) is 6.14. The molecule has 0 N–H and O–H groups in total. The van der Waals surface area contributed by atoms with Crippen LogP contribution in [0, 0.1) is 10.9 Å². The SMILES string of the molecule is Cc1c(-n2c(=O)cc(-c3ccc(-c4cc(Cl)ccc4Cl)o3)sc2=S)c(=O)n(-c2ccccc2)n1C. The molecule has 2 aromatic carbocycles. The van der Waals surface area contributed by atoms with Crippen molar-refractivity contribution >= 4 is 46.8 Å². The smallest absolute Gasteiger partial charge is 0.296 e. The minimum Gasteiger partial charge on any atom is -0.455 e. The predicted octanol–water partition coefficient (Wildman–Crippen LogP) is 6.66. The van der Waals surface area contributed by atoms with Crippen LogP contribution in [-0.2, 0) is 7.05 Å². The zero-order valence-corrected chi connectivity index (χ0v) is 21.6. The molecule has 35 heavy (non-hydrogen) atoms. The number of furan rings is 1. The first-order valence-electron chi connectivity index (χ1n) is 10.4. The maximum Gasteiger partial charge on any atom is 0.296 e. The van der Waals surface area contributed by atoms with Crippen LogP contribution in [0.3, 0.4) is 0 Å². The van der Waals surface area contributed by atoms with Gasteiger partial charge in [-0.25, -0.2) is 4.68 Å². The van der Waals surface area contributed by atoms with Crippen molar-refractivity contribution in [1.29, 1.82) is 0 Å². The first-order valence-corrected chi connectivity index (χ1v) is 12.4. The highest BCUT2D eigenvalue weighted by Crippen LogP contribution is 2.35. The quantitative estimate of drug-likeness (QED) is 0.238. The molecule has 3 aromatic heterocycles. The van der Waals surface area contributed by atoms with E-state index in [-0.39, 0.29) is 15.2 Å². The van der Waals surface area contributed by atoms with Gasteiger partial charge in [-0.05, 0) is 61.6 Å². The molecule has 0 saturated carbocycles. The van der Waals surface area contributed by atoms with E-state index in [0.717, 1.165) is 0 Å². The number of rotatable bonds is 4. The third kappa shape index (κ3) is 4.12. The van der Waals surface area contributed by atoms with Gasteiger partial charge < -0.3 is 4.42 Å². The van der Waals surface area contributed by atoms with Crippen LogP contribution >= 0.6 is 46.8 Å². The molecule has 0 bridgehead atoms. The van der Waals surface area contributed by atoms with Crippen LogP contribution in [0.5, 0.6) is 0 Å². The largest absolute Gasteiger partial charge is 0.455 e. The maximum atomic E-state index is 13.4. The van der Waals surface area contributed by atoms with Crippen molar-refractivity contribution in [3.8, 4) is 33.3 Å². The second-order valence-electron chi connectivity index (χ2n) is 7.75. The minimum absolute atomic E-state index is 0.222. The van der Waals surface area contributed by atoms with Crippen molar-refractivity contribution in [2.45, 2.75) is 6.92 Å². The Labute approximate surface area is 218 Å². The Hall–Kier alpha value is -3.17. The number of halogens is 2. The molecule has 6 nitrogen and oxygen atoms in total. The maximum absolute atomic E-state index is 13.4. The van der Waals surface area contributed by atoms with E-state index in [1.54, 1.807) is 49.0 Å². The summed E-state index contributed by atoms with van der Waals surface area (Å²) in [5, 5.41) is 1.02. The molecular weight excluding hydrogens is 525 g/mol. The van der Waals surface area contributed by atoms with Crippen LogP contribution in [0.4, 0.5) is 0 Å². The average molecular weight is 542 g/mol. The average Bonchev–Trinajstić information content (AvgIpc) is 3.40. The normalized spacial score (nSPS) is 11.2. The topological polar surface area (TPSA) is 62.1 Å². The molecule has 0 spiro atoms. The lowest BCUT2D eigenvalue weighted by molar-refractivity contribution is 0.598. The summed E-state index contributed by atoms with van der Waals surface area (Å²) < 4.78 is 10.7. The number of para-hydroxylation sites is 1. The highest BCUT2D eigenvalue weighted by molar-refractivity contribution is 7.73. The summed E-state index contributed by atoms with van der Waals surface area (Å²) in [6, 6.07) is 19.2. The molecule has 0 saturated heterocycles. The third-order valence-corrected chi connectivity index (χ3v) is 7.54. The van der Waals surface area contributed by atoms with Gasteiger partial charge in [-0.1, -0.05) is 41.4 Å². The van der Waals surface area contributed by atoms with Gasteiger partial charge in [0.1, 0.15) is 17.2 Å². The minimum atomic E-state index is -0.423. The summed E-state index contributed by atoms with van der Waals surface area (Å²) in [6.45, 7) is 1.78. The Morgan fingerprint density at radius 1 is 0.943 bits per heavy atom. The molecular formula is C25H17Cl2N3O3S2. The van der Waals surface area contributed by atoms with Crippen molar-refractivity contribution in [1.82, 2.24) is 13.9 Å². The van der Waals surface area contributed by atoms with Crippen LogP contribution in [0.1, 0.15) is 5.69 Å². The van der Waals surface area contributed by atoms with Gasteiger partial charge in [-0.15, -0.1) is 11.3 Å². The standard InChI is InChI=1S/C25H17Cl2N3O3S2/c1-14-23(24(32)30(28(14)2)16-6-4-3-5-7-16)29-22(31)13-21(35-25(29)34)20-11-10-19(33-20)17-12-15(26)8-9-18(17)27/h3-13H,1-2H3. The molecule has 5 rings (SSSR count). The van der Waals surface area contributed by atoms with E-state index in [4.69, 9.17) is 39.8 Å². The molecule has 3 heterocycles. The number of hydrogen-bond acceptors (Lipinski definition) is 5. The fraction of sp³-hybridized carbons (Fsp3) is 0.0800. The van der Waals surface area contributed by atoms with E-state index in [2.05, 4.69) is 0 Å². The van der Waals surface area contributed by atoms with Crippen LogP contribution < -0.4 is 11.1 Å². The Morgan fingerprint density at radius 3 is 2.37 bits per heavy atom. The summed E-state index contributed by atoms with van der Waals surface area (Å²) in [7, 11) is 1.77. The summed E-state index contributed by atoms with van der Waals surface area (Å²) in [6.07, 6.45) is 0. The Balaban J connectivity index is 1.61. The molecule has 0 radical (unpaired) electrons. The molecule has 0 aliphatic rings. The molecule has 0 aliphatic carbocycles. The van der Waals surface area contributed by atoms with Crippen molar-refractivity contribution in [3.63, 3.8) is 0 Å². The van der Waals surface area contributed by atoms with Crippen LogP contribution in [0.2, 0.25) is 10.0 Å². The summed E-state index contributed by atoms with van der Waals surface area (Å²) in [5.41, 5.74) is 1.41. The lowest BCUT2D eigenvalue weighted by Gasteiger charge is -2.07. The van der Waals surface area contributed by atoms with Gasteiger partial charge in [-0.2, -0.15) is 0 Å². The van der Waals surface area contributed by atoms with Crippen molar-refractivity contribution in [3.05, 3.63) is 107 Å². The Bertz CT molecular complexity index is 1730. The van der Waals surface area contributed by atoms with Gasteiger partial charge >= 0.3 is 0 Å². The number of aromatic nitrogens is 3. The van der Waals surface area contributed by atoms with Crippen molar-refractivity contribution in [2.24, 2.45) is 7.05 Å². The first-order chi connectivity index (χ1) is 16.8. The second-order valence-corrected chi connectivity index (χ2v) is 10.3. The van der Waals surface area contributed by atoms with Gasteiger partial charge in [0.2, 0.25) is 0 Å². The molecule has 176 valence electrons. The van der Waals surface area contributed by atoms with Crippen molar-refractivity contribution < 1.29 is 4.42 Å². The molecule has 0 amide bonds. The van der Waals surface area contributed by atoms with E-state index in [0.29, 0.717) is 43.4 Å². The van der Waals surface area contributed by atoms with E-state index in [1.807, 2.05) is 30.3 Å². The third-order valence-electron chi connectivity index (χ3n) is 5.64. The molecule has 10 heteroatoms. The lowest BCUT2D eigenvalue weighted by atomic mass is 10.2. The van der Waals surface area contributed by atoms with Crippen LogP contribution in [0.15, 0.2) is 80.7 Å². The molecule has 5 aromatic rings. The lowest BCUT2D eigenvalue weighted by Crippen LogP contribution is -2.26. The molecule has 0 atom stereocenters. The fourth-order valence-corrected chi connectivity index (χ4v) is 5.54. The van der Waals surface area contributed by atoms with Gasteiger partial charge in [0, 0.05) is 23.7 Å². The molecule has 0 unspecified atom stereocenters. The second kappa shape index (κ2) is 9.13. The summed E-state index contributed by atoms with van der Waals surface area (Å²) in [4.78, 5) is 27.2. The van der Waals surface area contributed by atoms with Gasteiger partial charge in [0.05, 0.1) is 21.3 Å². The number of nitrogens with zero attached hydrogens (tertiary/aromatic N) is 3. The Morgan fingerprint density at radius 2 is 1.66 bits per heavy atom. The van der Waals surface area contributed by atoms with Gasteiger partial charge in [-0.3, -0.25) is 18.8 Å². The zero-order valence-electron chi connectivity index (χ0n) is 18.5. The van der Waals surface area contributed by atoms with E-state index in [9.17, 15) is 9.59 Å². The first kappa shape index (κ1) is 23.6. The van der Waals surface area contributed by atoms with E-state index in [1.165, 1.54) is 26.7 Å². The summed E-state index contributed by atoms with van der Waals surface area (Å²) in [5.74, 6) is 0.974. The monoisotopic (exact) mass is 541 g/mol. The highest BCUT2D eigenvalue weighted by Gasteiger charge is 2.21. The van der Waals surface area contributed by atoms with Gasteiger partial charge in [0.15, 0.2) is 3.95 Å². The predicted molar refractivity (Wildman–Crippen MR) is 143 cm³/mol. The zero-order chi connectivity index (χ0) is 24.9. The van der Waals surface area contributed by atoms with Crippen molar-refractivity contribution in [2.75, 3.05) is 0 Å². The van der Waals surface area contributed by atoms with E-state index < -0.39 is 5.56 Å². The van der Waals surface area contributed by atoms with Crippen LogP contribution in [-0.4, -0.2) is 13.9 Å². The highest BCUT2D eigenvalue weighted by atomic mass is 35.5. The number of hydrogen-bond donors (Lipinski definition) is 0. The summed E-state index contributed by atoms with van der Waals surface area (Å²) >= 11 is 19.2. The van der Waals surface area contributed by atoms with Gasteiger partial charge in [0.25, 0.3) is 11.1 Å². The molecule has 0 aliphatic heterocycles. The van der Waals surface area contributed by atoms with Crippen LogP contribution in [0.25, 0.3) is 33.3 Å².